The first-order valence-electron chi connectivity index (χ1n) is 10.7. The molecule has 1 aliphatic carbocycles. The van der Waals surface area contributed by atoms with Gasteiger partial charge in [0.2, 0.25) is 0 Å². The number of benzene rings is 2. The minimum Gasteiger partial charge on any atom is -0.507 e. The number of Topliss-reactive ketones (excluding diaryl/α,β-unsaturated/α-hetero) is 1. The van der Waals surface area contributed by atoms with Gasteiger partial charge in [-0.15, -0.1) is 0 Å². The summed E-state index contributed by atoms with van der Waals surface area (Å²) in [5.74, 6) is -1.64. The van der Waals surface area contributed by atoms with E-state index < -0.39 is 23.5 Å². The van der Waals surface area contributed by atoms with E-state index in [2.05, 4.69) is 0 Å². The number of halogens is 1. The predicted molar refractivity (Wildman–Crippen MR) is 115 cm³/mol. The maximum Gasteiger partial charge on any atom is 0.295 e. The highest BCUT2D eigenvalue weighted by Gasteiger charge is 2.49. The molecule has 1 atom stereocenters. The number of ether oxygens (including phenoxy) is 1. The molecule has 5 nitrogen and oxygen atoms in total. The van der Waals surface area contributed by atoms with E-state index in [1.54, 1.807) is 42.5 Å². The molecule has 0 bridgehead atoms. The van der Waals surface area contributed by atoms with Gasteiger partial charge in [-0.05, 0) is 57.0 Å². The van der Waals surface area contributed by atoms with E-state index in [4.69, 9.17) is 4.74 Å². The minimum atomic E-state index is -0.948. The normalized spacial score (nSPS) is 21.3. The van der Waals surface area contributed by atoms with Crippen molar-refractivity contribution in [2.24, 2.45) is 0 Å². The lowest BCUT2D eigenvalue weighted by Crippen LogP contribution is -2.38. The van der Waals surface area contributed by atoms with Gasteiger partial charge in [0.15, 0.2) is 0 Å². The van der Waals surface area contributed by atoms with Gasteiger partial charge in [0.1, 0.15) is 17.3 Å². The Hall–Kier alpha value is -3.15. The fraction of sp³-hybridized carbons (Fsp3) is 0.360. The average Bonchev–Trinajstić information content (AvgIpc) is 3.35. The molecular formula is C25H26FNO4. The summed E-state index contributed by atoms with van der Waals surface area (Å²) in [5, 5.41) is 11.1. The molecule has 0 spiro atoms. The number of hydrogen-bond acceptors (Lipinski definition) is 4. The maximum absolute atomic E-state index is 14.8. The van der Waals surface area contributed by atoms with E-state index in [0.717, 1.165) is 25.7 Å². The van der Waals surface area contributed by atoms with E-state index in [9.17, 15) is 19.1 Å². The molecule has 1 aliphatic heterocycles. The monoisotopic (exact) mass is 423 g/mol. The minimum absolute atomic E-state index is 0.00256. The highest BCUT2D eigenvalue weighted by atomic mass is 19.1. The second-order valence-electron chi connectivity index (χ2n) is 8.36. The van der Waals surface area contributed by atoms with Gasteiger partial charge in [0, 0.05) is 17.2 Å². The van der Waals surface area contributed by atoms with Gasteiger partial charge in [0.05, 0.1) is 17.7 Å². The quantitative estimate of drug-likeness (QED) is 0.419. The summed E-state index contributed by atoms with van der Waals surface area (Å²) in [6, 6.07) is 11.7. The summed E-state index contributed by atoms with van der Waals surface area (Å²) >= 11 is 0. The Morgan fingerprint density at radius 3 is 2.32 bits per heavy atom. The third kappa shape index (κ3) is 3.94. The van der Waals surface area contributed by atoms with Gasteiger partial charge < -0.3 is 14.7 Å². The molecule has 1 N–H and O–H groups in total. The fourth-order valence-electron chi connectivity index (χ4n) is 4.53. The number of carbonyl (C=O) groups excluding carboxylic acids is 2. The second-order valence-corrected chi connectivity index (χ2v) is 8.36. The summed E-state index contributed by atoms with van der Waals surface area (Å²) in [4.78, 5) is 27.5. The van der Waals surface area contributed by atoms with Gasteiger partial charge in [-0.2, -0.15) is 0 Å². The maximum atomic E-state index is 14.8. The molecule has 2 fully saturated rings. The molecule has 1 heterocycles. The van der Waals surface area contributed by atoms with Crippen LogP contribution in [0.25, 0.3) is 5.76 Å². The molecule has 2 aliphatic rings. The largest absolute Gasteiger partial charge is 0.507 e. The molecule has 1 unspecified atom stereocenters. The van der Waals surface area contributed by atoms with Crippen molar-refractivity contribution in [2.45, 2.75) is 57.7 Å². The van der Waals surface area contributed by atoms with E-state index in [-0.39, 0.29) is 29.0 Å². The van der Waals surface area contributed by atoms with Crippen molar-refractivity contribution in [3.63, 3.8) is 0 Å². The van der Waals surface area contributed by atoms with Gasteiger partial charge in [-0.25, -0.2) is 4.39 Å². The molecule has 4 rings (SSSR count). The van der Waals surface area contributed by atoms with Crippen LogP contribution in [0.1, 0.15) is 56.7 Å². The lowest BCUT2D eigenvalue weighted by atomic mass is 9.94. The molecule has 0 aromatic heterocycles. The number of ketones is 1. The Balaban J connectivity index is 1.82. The van der Waals surface area contributed by atoms with E-state index in [0.29, 0.717) is 11.3 Å². The Kier molecular flexibility index (Phi) is 5.81. The molecule has 2 aromatic rings. The Morgan fingerprint density at radius 2 is 1.71 bits per heavy atom. The standard InChI is InChI=1S/C25H26FNO4/c1-15(2)31-18-13-11-16(12-14-18)23(28)21-22(19-9-5-6-10-20(19)26)27(25(30)24(21)29)17-7-3-4-8-17/h5-6,9-15,17,22,28H,3-4,7-8H2,1-2H3/b23-21-. The van der Waals surface area contributed by atoms with Crippen LogP contribution in [-0.2, 0) is 9.59 Å². The topological polar surface area (TPSA) is 66.8 Å². The van der Waals surface area contributed by atoms with Crippen LogP contribution in [0.15, 0.2) is 54.1 Å². The van der Waals surface area contributed by atoms with Crippen LogP contribution in [0.3, 0.4) is 0 Å². The summed E-state index contributed by atoms with van der Waals surface area (Å²) in [6.45, 7) is 3.82. The molecule has 6 heteroatoms. The third-order valence-corrected chi connectivity index (χ3v) is 5.90. The molecule has 1 saturated carbocycles. The zero-order valence-electron chi connectivity index (χ0n) is 17.7. The SMILES string of the molecule is CC(C)Oc1ccc(/C(O)=C2/C(=O)C(=O)N(C3CCCC3)C2c2ccccc2F)cc1. The van der Waals surface area contributed by atoms with Crippen LogP contribution >= 0.6 is 0 Å². The van der Waals surface area contributed by atoms with Crippen molar-refractivity contribution in [1.29, 1.82) is 0 Å². The van der Waals surface area contributed by atoms with Crippen molar-refractivity contribution in [3.05, 3.63) is 71.0 Å². The van der Waals surface area contributed by atoms with E-state index in [1.165, 1.54) is 11.0 Å². The van der Waals surface area contributed by atoms with Crippen molar-refractivity contribution in [3.8, 4) is 5.75 Å². The predicted octanol–water partition coefficient (Wildman–Crippen LogP) is 4.98. The molecule has 31 heavy (non-hydrogen) atoms. The first-order chi connectivity index (χ1) is 14.9. The first kappa shape index (κ1) is 21.1. The highest BCUT2D eigenvalue weighted by Crippen LogP contribution is 2.44. The number of carbonyl (C=O) groups is 2. The molecule has 1 saturated heterocycles. The first-order valence-corrected chi connectivity index (χ1v) is 10.7. The number of aliphatic hydroxyl groups excluding tert-OH is 1. The van der Waals surface area contributed by atoms with Crippen LogP contribution in [0, 0.1) is 5.82 Å². The molecule has 2 aromatic carbocycles. The van der Waals surface area contributed by atoms with Gasteiger partial charge in [-0.3, -0.25) is 9.59 Å². The summed E-state index contributed by atoms with van der Waals surface area (Å²) in [7, 11) is 0. The summed E-state index contributed by atoms with van der Waals surface area (Å²) in [5.41, 5.74) is 0.524. The number of nitrogens with zero attached hydrogens (tertiary/aromatic N) is 1. The molecular weight excluding hydrogens is 397 g/mol. The Labute approximate surface area is 181 Å². The van der Waals surface area contributed by atoms with Crippen molar-refractivity contribution >= 4 is 17.4 Å². The van der Waals surface area contributed by atoms with E-state index >= 15 is 0 Å². The number of aliphatic hydroxyl groups is 1. The average molecular weight is 423 g/mol. The zero-order valence-corrected chi connectivity index (χ0v) is 17.7. The number of likely N-dealkylation sites (tertiary alicyclic amines) is 1. The second kappa shape index (κ2) is 8.53. The van der Waals surface area contributed by atoms with E-state index in [1.807, 2.05) is 13.8 Å². The van der Waals surface area contributed by atoms with Crippen LogP contribution in [0.2, 0.25) is 0 Å². The van der Waals surface area contributed by atoms with Gasteiger partial charge in [0.25, 0.3) is 11.7 Å². The van der Waals surface area contributed by atoms with Crippen LogP contribution in [0.5, 0.6) is 5.75 Å². The molecule has 1 amide bonds. The number of amides is 1. The van der Waals surface area contributed by atoms with Crippen LogP contribution < -0.4 is 4.74 Å². The van der Waals surface area contributed by atoms with Gasteiger partial charge in [-0.1, -0.05) is 31.0 Å². The summed E-state index contributed by atoms with van der Waals surface area (Å²) in [6.07, 6.45) is 3.43. The highest BCUT2D eigenvalue weighted by molar-refractivity contribution is 6.46. The number of rotatable bonds is 5. The Morgan fingerprint density at radius 1 is 1.06 bits per heavy atom. The van der Waals surface area contributed by atoms with Crippen molar-refractivity contribution in [1.82, 2.24) is 4.90 Å². The van der Waals surface area contributed by atoms with Crippen molar-refractivity contribution < 1.29 is 23.8 Å². The van der Waals surface area contributed by atoms with Crippen LogP contribution in [0.4, 0.5) is 4.39 Å². The fourth-order valence-corrected chi connectivity index (χ4v) is 4.53. The molecule has 162 valence electrons. The smallest absolute Gasteiger partial charge is 0.295 e. The van der Waals surface area contributed by atoms with Crippen LogP contribution in [-0.4, -0.2) is 33.8 Å². The third-order valence-electron chi connectivity index (χ3n) is 5.90. The molecule has 0 radical (unpaired) electrons. The lowest BCUT2D eigenvalue weighted by molar-refractivity contribution is -0.141. The zero-order chi connectivity index (χ0) is 22.1. The van der Waals surface area contributed by atoms with Gasteiger partial charge >= 0.3 is 0 Å². The lowest BCUT2D eigenvalue weighted by Gasteiger charge is -2.30. The Bertz CT molecular complexity index is 1020. The van der Waals surface area contributed by atoms with Crippen molar-refractivity contribution in [2.75, 3.05) is 0 Å². The summed E-state index contributed by atoms with van der Waals surface area (Å²) < 4.78 is 20.4. The number of hydrogen-bond donors (Lipinski definition) is 1.